The highest BCUT2D eigenvalue weighted by Gasteiger charge is 2.31. The predicted octanol–water partition coefficient (Wildman–Crippen LogP) is 5.56. The summed E-state index contributed by atoms with van der Waals surface area (Å²) in [5.41, 5.74) is 8.37. The van der Waals surface area contributed by atoms with Crippen LogP contribution in [0.1, 0.15) is 47.7 Å². The second kappa shape index (κ2) is 10.9. The van der Waals surface area contributed by atoms with Crippen LogP contribution in [-0.4, -0.2) is 19.7 Å². The van der Waals surface area contributed by atoms with E-state index in [9.17, 15) is 10.1 Å². The molecule has 1 unspecified atom stereocenters. The van der Waals surface area contributed by atoms with Crippen molar-refractivity contribution in [2.45, 2.75) is 26.2 Å². The number of ether oxygens (including phenoxy) is 4. The van der Waals surface area contributed by atoms with Gasteiger partial charge in [-0.3, -0.25) is 0 Å². The molecule has 2 N–H and O–H groups in total. The van der Waals surface area contributed by atoms with Crippen LogP contribution < -0.4 is 24.7 Å². The number of hydrogen-bond acceptors (Lipinski definition) is 7. The van der Waals surface area contributed by atoms with E-state index in [4.69, 9.17) is 24.7 Å². The summed E-state index contributed by atoms with van der Waals surface area (Å²) in [4.78, 5) is 12.5. The van der Waals surface area contributed by atoms with Crippen molar-refractivity contribution in [3.8, 4) is 29.1 Å². The molecule has 0 spiro atoms. The number of allylic oxidation sites excluding steroid dienone is 1. The van der Waals surface area contributed by atoms with E-state index in [0.717, 1.165) is 17.5 Å². The number of esters is 1. The van der Waals surface area contributed by atoms with Crippen LogP contribution in [0.15, 0.2) is 78.2 Å². The number of nitrogens with zero attached hydrogens (tertiary/aromatic N) is 1. The molecule has 1 aliphatic heterocycles. The van der Waals surface area contributed by atoms with Crippen LogP contribution in [-0.2, 0) is 0 Å². The Morgan fingerprint density at radius 2 is 1.86 bits per heavy atom. The smallest absolute Gasteiger partial charge is 0.343 e. The Morgan fingerprint density at radius 3 is 2.56 bits per heavy atom. The van der Waals surface area contributed by atoms with Gasteiger partial charge in [-0.25, -0.2) is 4.79 Å². The van der Waals surface area contributed by atoms with Crippen molar-refractivity contribution >= 4 is 5.97 Å². The molecule has 3 aromatic rings. The first-order valence-electron chi connectivity index (χ1n) is 11.7. The molecule has 0 fully saturated rings. The second-order valence-electron chi connectivity index (χ2n) is 8.82. The molecule has 4 rings (SSSR count). The molecule has 0 saturated heterocycles. The van der Waals surface area contributed by atoms with Crippen molar-refractivity contribution in [3.05, 3.63) is 94.9 Å². The van der Waals surface area contributed by atoms with Crippen LogP contribution in [0.5, 0.6) is 23.0 Å². The SMILES string of the molecule is COc1cc(C2C(C#N)=C(N)Oc3cc(OC(=O)c4ccccc4)ccc32)ccc1OCCC(C)C. The third-order valence-electron chi connectivity index (χ3n) is 5.88. The first-order valence-corrected chi connectivity index (χ1v) is 11.7. The number of carbonyl (C=O) groups excluding carboxylic acids is 1. The lowest BCUT2D eigenvalue weighted by molar-refractivity contribution is 0.0734. The van der Waals surface area contributed by atoms with Crippen molar-refractivity contribution in [2.75, 3.05) is 13.7 Å². The number of hydrogen-bond donors (Lipinski definition) is 1. The third-order valence-corrected chi connectivity index (χ3v) is 5.88. The molecule has 0 saturated carbocycles. The van der Waals surface area contributed by atoms with Crippen LogP contribution in [0.3, 0.4) is 0 Å². The summed E-state index contributed by atoms with van der Waals surface area (Å²) >= 11 is 0. The second-order valence-corrected chi connectivity index (χ2v) is 8.82. The lowest BCUT2D eigenvalue weighted by Gasteiger charge is -2.27. The summed E-state index contributed by atoms with van der Waals surface area (Å²) in [7, 11) is 1.58. The molecule has 7 heteroatoms. The summed E-state index contributed by atoms with van der Waals surface area (Å²) < 4.78 is 22.8. The average molecular weight is 485 g/mol. The molecule has 0 amide bonds. The van der Waals surface area contributed by atoms with Crippen molar-refractivity contribution < 1.29 is 23.7 Å². The van der Waals surface area contributed by atoms with Crippen LogP contribution in [0, 0.1) is 17.2 Å². The number of carbonyl (C=O) groups is 1. The van der Waals surface area contributed by atoms with E-state index >= 15 is 0 Å². The molecule has 7 nitrogen and oxygen atoms in total. The van der Waals surface area contributed by atoms with Crippen molar-refractivity contribution in [1.29, 1.82) is 5.26 Å². The minimum absolute atomic E-state index is 0.00207. The molecule has 0 radical (unpaired) electrons. The van der Waals surface area contributed by atoms with Gasteiger partial charge in [0.25, 0.3) is 0 Å². The molecule has 0 aromatic heterocycles. The van der Waals surface area contributed by atoms with Crippen molar-refractivity contribution in [2.24, 2.45) is 11.7 Å². The molecular weight excluding hydrogens is 456 g/mol. The zero-order chi connectivity index (χ0) is 25.7. The Bertz CT molecular complexity index is 1330. The van der Waals surface area contributed by atoms with Gasteiger partial charge in [0.05, 0.1) is 25.2 Å². The van der Waals surface area contributed by atoms with Crippen molar-refractivity contribution in [1.82, 2.24) is 0 Å². The van der Waals surface area contributed by atoms with Crippen LogP contribution in [0.25, 0.3) is 0 Å². The molecule has 1 heterocycles. The van der Waals surface area contributed by atoms with E-state index in [-0.39, 0.29) is 11.5 Å². The van der Waals surface area contributed by atoms with Gasteiger partial charge < -0.3 is 24.7 Å². The van der Waals surface area contributed by atoms with Gasteiger partial charge in [0.15, 0.2) is 11.5 Å². The highest BCUT2D eigenvalue weighted by molar-refractivity contribution is 5.91. The summed E-state index contributed by atoms with van der Waals surface area (Å²) in [5.74, 6) is 1.46. The van der Waals surface area contributed by atoms with Gasteiger partial charge in [0.2, 0.25) is 5.88 Å². The van der Waals surface area contributed by atoms with Gasteiger partial charge >= 0.3 is 5.97 Å². The normalized spacial score (nSPS) is 14.5. The van der Waals surface area contributed by atoms with Crippen LogP contribution >= 0.6 is 0 Å². The molecule has 0 bridgehead atoms. The maximum Gasteiger partial charge on any atom is 0.343 e. The van der Waals surface area contributed by atoms with Crippen LogP contribution in [0.2, 0.25) is 0 Å². The molecule has 3 aromatic carbocycles. The van der Waals surface area contributed by atoms with Gasteiger partial charge in [-0.05, 0) is 48.2 Å². The third kappa shape index (κ3) is 5.28. The van der Waals surface area contributed by atoms with E-state index in [2.05, 4.69) is 19.9 Å². The summed E-state index contributed by atoms with van der Waals surface area (Å²) in [5, 5.41) is 9.87. The van der Waals surface area contributed by atoms with E-state index < -0.39 is 11.9 Å². The predicted molar refractivity (Wildman–Crippen MR) is 135 cm³/mol. The largest absolute Gasteiger partial charge is 0.493 e. The topological polar surface area (TPSA) is 104 Å². The Kier molecular flexibility index (Phi) is 7.45. The van der Waals surface area contributed by atoms with Crippen molar-refractivity contribution in [3.63, 3.8) is 0 Å². The maximum atomic E-state index is 12.5. The number of methoxy groups -OCH3 is 1. The molecule has 1 aliphatic rings. The summed E-state index contributed by atoms with van der Waals surface area (Å²) in [6.07, 6.45) is 0.924. The minimum atomic E-state index is -0.490. The van der Waals surface area contributed by atoms with Gasteiger partial charge in [-0.1, -0.05) is 44.2 Å². The van der Waals surface area contributed by atoms with E-state index in [1.165, 1.54) is 0 Å². The number of fused-ring (bicyclic) bond motifs is 1. The average Bonchev–Trinajstić information content (AvgIpc) is 2.88. The summed E-state index contributed by atoms with van der Waals surface area (Å²) in [6.45, 7) is 4.86. The van der Waals surface area contributed by atoms with Crippen LogP contribution in [0.4, 0.5) is 0 Å². The molecule has 1 atom stereocenters. The monoisotopic (exact) mass is 484 g/mol. The Labute approximate surface area is 210 Å². The lowest BCUT2D eigenvalue weighted by atomic mass is 9.83. The van der Waals surface area contributed by atoms with E-state index in [0.29, 0.717) is 41.1 Å². The standard InChI is InChI=1S/C29H28N2O5/c1-18(2)13-14-34-24-12-9-20(15-26(24)33-3)27-22-11-10-21(16-25(22)36-28(31)23(27)17-30)35-29(32)19-7-5-4-6-8-19/h4-12,15-16,18,27H,13-14,31H2,1-3H3. The number of nitrogens with two attached hydrogens (primary N) is 1. The zero-order valence-corrected chi connectivity index (χ0v) is 20.5. The number of benzene rings is 3. The quantitative estimate of drug-likeness (QED) is 0.330. The fourth-order valence-corrected chi connectivity index (χ4v) is 3.97. The first-order chi connectivity index (χ1) is 17.4. The molecule has 184 valence electrons. The van der Waals surface area contributed by atoms with Gasteiger partial charge in [0, 0.05) is 11.6 Å². The lowest BCUT2D eigenvalue weighted by Crippen LogP contribution is -2.21. The van der Waals surface area contributed by atoms with E-state index in [1.54, 1.807) is 49.6 Å². The number of nitriles is 1. The minimum Gasteiger partial charge on any atom is -0.493 e. The van der Waals surface area contributed by atoms with Gasteiger partial charge in [-0.15, -0.1) is 0 Å². The number of rotatable bonds is 8. The highest BCUT2D eigenvalue weighted by atomic mass is 16.5. The Balaban J connectivity index is 1.65. The molecular formula is C29H28N2O5. The molecule has 0 aliphatic carbocycles. The van der Waals surface area contributed by atoms with Gasteiger partial charge in [0.1, 0.15) is 23.1 Å². The fraction of sp³-hybridized carbons (Fsp3) is 0.241. The fourth-order valence-electron chi connectivity index (χ4n) is 3.97. The first kappa shape index (κ1) is 24.7. The highest BCUT2D eigenvalue weighted by Crippen LogP contribution is 2.45. The van der Waals surface area contributed by atoms with Gasteiger partial charge in [-0.2, -0.15) is 5.26 Å². The zero-order valence-electron chi connectivity index (χ0n) is 20.5. The van der Waals surface area contributed by atoms with E-state index in [1.807, 2.05) is 24.3 Å². The Hall–Kier alpha value is -4.44. The maximum absolute atomic E-state index is 12.5. The molecule has 36 heavy (non-hydrogen) atoms. The summed E-state index contributed by atoms with van der Waals surface area (Å²) in [6, 6.07) is 21.5. The Morgan fingerprint density at radius 1 is 1.08 bits per heavy atom.